The lowest BCUT2D eigenvalue weighted by Gasteiger charge is -2.32. The monoisotopic (exact) mass is 679 g/mol. The van der Waals surface area contributed by atoms with E-state index in [1.807, 2.05) is 17.0 Å². The number of ketones is 1. The number of nitrogens with one attached hydrogen (secondary N) is 1. The summed E-state index contributed by atoms with van der Waals surface area (Å²) in [6.07, 6.45) is -3.70. The Labute approximate surface area is 275 Å². The van der Waals surface area contributed by atoms with Crippen LogP contribution in [0.2, 0.25) is 0 Å². The average molecular weight is 680 g/mol. The number of alkyl halides is 3. The number of hydrogen-bond acceptors (Lipinski definition) is 8. The lowest BCUT2D eigenvalue weighted by molar-refractivity contribution is -0.167. The number of methoxy groups -OCH3 is 4. The molecule has 1 atom stereocenters. The first kappa shape index (κ1) is 37.0. The van der Waals surface area contributed by atoms with Crippen molar-refractivity contribution in [2.75, 3.05) is 40.0 Å². The fourth-order valence-electron chi connectivity index (χ4n) is 4.92. The van der Waals surface area contributed by atoms with Crippen LogP contribution < -0.4 is 24.3 Å². The molecule has 0 radical (unpaired) electrons. The quantitative estimate of drug-likeness (QED) is 0.118. The van der Waals surface area contributed by atoms with Gasteiger partial charge < -0.3 is 29.2 Å². The minimum Gasteiger partial charge on any atom is -0.497 e. The summed E-state index contributed by atoms with van der Waals surface area (Å²) in [7, 11) is 6.12. The van der Waals surface area contributed by atoms with Crippen LogP contribution in [-0.2, 0) is 28.2 Å². The lowest BCUT2D eigenvalue weighted by atomic mass is 9.87. The van der Waals surface area contributed by atoms with E-state index >= 15 is 4.39 Å². The zero-order valence-electron chi connectivity index (χ0n) is 27.1. The van der Waals surface area contributed by atoms with E-state index in [9.17, 15) is 22.8 Å². The Morgan fingerprint density at radius 3 is 1.81 bits per heavy atom. The largest absolute Gasteiger partial charge is 0.497 e. The van der Waals surface area contributed by atoms with E-state index in [0.29, 0.717) is 28.2 Å². The van der Waals surface area contributed by atoms with Gasteiger partial charge in [0.1, 0.15) is 34.6 Å². The summed E-state index contributed by atoms with van der Waals surface area (Å²) in [5.41, 5.74) is -0.581. The Morgan fingerprint density at radius 2 is 1.38 bits per heavy atom. The number of nitrogens with zero attached hydrogens (tertiary/aromatic N) is 2. The molecule has 3 aromatic rings. The Bertz CT molecular complexity index is 1560. The second-order valence-electron chi connectivity index (χ2n) is 10.6. The molecule has 0 heterocycles. The summed E-state index contributed by atoms with van der Waals surface area (Å²) in [5.74, 6) is -1.16. The van der Waals surface area contributed by atoms with Gasteiger partial charge >= 0.3 is 12.1 Å². The molecule has 3 aromatic carbocycles. The molecule has 14 heteroatoms. The molecule has 0 unspecified atom stereocenters. The summed E-state index contributed by atoms with van der Waals surface area (Å²) < 4.78 is 76.4. The van der Waals surface area contributed by atoms with Crippen LogP contribution in [0.3, 0.4) is 0 Å². The van der Waals surface area contributed by atoms with Gasteiger partial charge in [-0.25, -0.2) is 4.39 Å². The molecule has 0 aromatic heterocycles. The van der Waals surface area contributed by atoms with Gasteiger partial charge in [-0.15, -0.1) is 0 Å². The highest BCUT2D eigenvalue weighted by Crippen LogP contribution is 2.37. The molecular formula is C33H37F4N3O6S. The number of amides is 1. The summed E-state index contributed by atoms with van der Waals surface area (Å²) in [4.78, 5) is 31.0. The number of rotatable bonds is 13. The predicted molar refractivity (Wildman–Crippen MR) is 173 cm³/mol. The number of hydrogen-bond donors (Lipinski definition) is 1. The minimum atomic E-state index is -5.16. The average Bonchev–Trinajstić information content (AvgIpc) is 3.03. The third-order valence-electron chi connectivity index (χ3n) is 7.16. The maximum absolute atomic E-state index is 15.5. The second kappa shape index (κ2) is 15.9. The SMILES string of the molecule is COc1ccc(CN(Cc2ccc(OC)cc2OC)C(=N[C@@](C)(CC(C)=O)c2cc(NC(=O)C(F)(F)F)ccc2F)SC)c(OC)c1. The topological polar surface area (TPSA) is 98.7 Å². The normalized spacial score (nSPS) is 13.0. The number of thioether (sulfide) groups is 1. The summed E-state index contributed by atoms with van der Waals surface area (Å²) in [6.45, 7) is 3.27. The van der Waals surface area contributed by atoms with Crippen molar-refractivity contribution in [3.63, 3.8) is 0 Å². The molecule has 0 aliphatic carbocycles. The highest BCUT2D eigenvalue weighted by Gasteiger charge is 2.39. The van der Waals surface area contributed by atoms with Crippen molar-refractivity contribution in [1.29, 1.82) is 0 Å². The van der Waals surface area contributed by atoms with Crippen molar-refractivity contribution >= 4 is 34.3 Å². The Kier molecular flexibility index (Phi) is 12.5. The van der Waals surface area contributed by atoms with Gasteiger partial charge in [0, 0.05) is 54.0 Å². The first-order valence-corrected chi connectivity index (χ1v) is 15.4. The highest BCUT2D eigenvalue weighted by molar-refractivity contribution is 8.13. The number of carbonyl (C=O) groups excluding carboxylic acids is 2. The zero-order chi connectivity index (χ0) is 34.9. The number of benzene rings is 3. The first-order valence-electron chi connectivity index (χ1n) is 14.2. The van der Waals surface area contributed by atoms with Crippen LogP contribution in [0, 0.1) is 5.82 Å². The Morgan fingerprint density at radius 1 is 0.851 bits per heavy atom. The van der Waals surface area contributed by atoms with Crippen LogP contribution in [0.5, 0.6) is 23.0 Å². The molecule has 254 valence electrons. The predicted octanol–water partition coefficient (Wildman–Crippen LogP) is 6.98. The van der Waals surface area contributed by atoms with Gasteiger partial charge in [0.15, 0.2) is 5.17 Å². The molecular weight excluding hydrogens is 642 g/mol. The number of amidine groups is 1. The van der Waals surface area contributed by atoms with Gasteiger partial charge in [-0.2, -0.15) is 13.2 Å². The maximum Gasteiger partial charge on any atom is 0.471 e. The molecule has 0 fully saturated rings. The van der Waals surface area contributed by atoms with E-state index < -0.39 is 23.4 Å². The number of anilines is 1. The van der Waals surface area contributed by atoms with Gasteiger partial charge in [0.25, 0.3) is 0 Å². The van der Waals surface area contributed by atoms with E-state index in [-0.39, 0.29) is 36.5 Å². The van der Waals surface area contributed by atoms with Gasteiger partial charge in [-0.3, -0.25) is 14.6 Å². The standard InChI is InChI=1S/C33H37F4N3O6S/c1-20(41)17-32(2,26-14-23(10-13-27(26)34)38-30(42)33(35,36)37)39-31(47-7)40(18-21-8-11-24(43-3)15-28(21)45-5)19-22-9-12-25(44-4)16-29(22)46-6/h8-16H,17-19H2,1-7H3,(H,38,42)/t32-/m0/s1. The smallest absolute Gasteiger partial charge is 0.471 e. The maximum atomic E-state index is 15.5. The molecule has 0 bridgehead atoms. The van der Waals surface area contributed by atoms with Crippen molar-refractivity contribution < 1.29 is 46.1 Å². The van der Waals surface area contributed by atoms with Crippen molar-refractivity contribution in [2.45, 2.75) is 45.1 Å². The Hall–Kier alpha value is -4.46. The van der Waals surface area contributed by atoms with Crippen molar-refractivity contribution in [1.82, 2.24) is 4.90 Å². The van der Waals surface area contributed by atoms with Crippen molar-refractivity contribution in [3.8, 4) is 23.0 Å². The number of Topliss-reactive ketones (excluding diaryl/α,β-unsaturated/α-hetero) is 1. The third-order valence-corrected chi connectivity index (χ3v) is 7.88. The van der Waals surface area contributed by atoms with E-state index in [4.69, 9.17) is 23.9 Å². The second-order valence-corrected chi connectivity index (χ2v) is 11.4. The molecule has 47 heavy (non-hydrogen) atoms. The molecule has 3 rings (SSSR count). The molecule has 1 amide bonds. The van der Waals surface area contributed by atoms with Crippen LogP contribution in [-0.4, -0.2) is 62.6 Å². The highest BCUT2D eigenvalue weighted by atomic mass is 32.2. The Balaban J connectivity index is 2.21. The minimum absolute atomic E-state index is 0.178. The summed E-state index contributed by atoms with van der Waals surface area (Å²) in [5, 5.41) is 2.12. The van der Waals surface area contributed by atoms with Gasteiger partial charge in [-0.1, -0.05) is 11.8 Å². The van der Waals surface area contributed by atoms with Crippen LogP contribution in [0.15, 0.2) is 59.6 Å². The number of ether oxygens (including phenoxy) is 4. The fourth-order valence-corrected chi connectivity index (χ4v) is 5.60. The lowest BCUT2D eigenvalue weighted by Crippen LogP contribution is -2.33. The van der Waals surface area contributed by atoms with Gasteiger partial charge in [0.05, 0.1) is 34.0 Å². The molecule has 0 aliphatic heterocycles. The number of halogens is 4. The van der Waals surface area contributed by atoms with E-state index in [1.165, 1.54) is 54.0 Å². The van der Waals surface area contributed by atoms with E-state index in [0.717, 1.165) is 29.3 Å². The molecule has 0 aliphatic rings. The third kappa shape index (κ3) is 9.53. The summed E-state index contributed by atoms with van der Waals surface area (Å²) in [6, 6.07) is 13.7. The van der Waals surface area contributed by atoms with Crippen LogP contribution >= 0.6 is 11.8 Å². The van der Waals surface area contributed by atoms with Crippen molar-refractivity contribution in [2.24, 2.45) is 4.99 Å². The van der Waals surface area contributed by atoms with Crippen LogP contribution in [0.25, 0.3) is 0 Å². The molecule has 9 nitrogen and oxygen atoms in total. The number of aliphatic imine (C=N–C) groups is 1. The van der Waals surface area contributed by atoms with Crippen LogP contribution in [0.1, 0.15) is 37.0 Å². The number of carbonyl (C=O) groups is 2. The zero-order valence-corrected chi connectivity index (χ0v) is 27.9. The van der Waals surface area contributed by atoms with Gasteiger partial charge in [0.2, 0.25) is 0 Å². The molecule has 1 N–H and O–H groups in total. The van der Waals surface area contributed by atoms with Crippen LogP contribution in [0.4, 0.5) is 23.2 Å². The first-order chi connectivity index (χ1) is 22.2. The van der Waals surface area contributed by atoms with E-state index in [1.54, 1.807) is 35.8 Å². The van der Waals surface area contributed by atoms with Crippen molar-refractivity contribution in [3.05, 3.63) is 77.1 Å². The summed E-state index contributed by atoms with van der Waals surface area (Å²) >= 11 is 1.22. The molecule has 0 saturated carbocycles. The van der Waals surface area contributed by atoms with Gasteiger partial charge in [-0.05, 0) is 62.6 Å². The molecule has 0 spiro atoms. The van der Waals surface area contributed by atoms with E-state index in [2.05, 4.69) is 0 Å². The fraction of sp³-hybridized carbons (Fsp3) is 0.364. The molecule has 0 saturated heterocycles.